The summed E-state index contributed by atoms with van der Waals surface area (Å²) in [6, 6.07) is 5.57. The maximum atomic E-state index is 13.2. The van der Waals surface area contributed by atoms with Crippen LogP contribution < -0.4 is 10.5 Å². The summed E-state index contributed by atoms with van der Waals surface area (Å²) in [4.78, 5) is 15.9. The van der Waals surface area contributed by atoms with E-state index in [0.29, 0.717) is 6.07 Å². The van der Waals surface area contributed by atoms with E-state index in [2.05, 4.69) is 4.98 Å². The van der Waals surface area contributed by atoms with E-state index in [0.717, 1.165) is 18.7 Å². The molecule has 120 valence electrons. The zero-order valence-electron chi connectivity index (χ0n) is 12.8. The van der Waals surface area contributed by atoms with Crippen molar-refractivity contribution in [3.8, 4) is 0 Å². The van der Waals surface area contributed by atoms with Crippen LogP contribution in [0.2, 0.25) is 0 Å². The molecule has 0 aliphatic rings. The highest BCUT2D eigenvalue weighted by atomic mass is 19.4. The number of hydrogen-bond acceptors (Lipinski definition) is 2. The van der Waals surface area contributed by atoms with E-state index in [4.69, 9.17) is 0 Å². The molecule has 0 radical (unpaired) electrons. The van der Waals surface area contributed by atoms with Crippen molar-refractivity contribution in [1.82, 2.24) is 4.98 Å². The maximum Gasteiger partial charge on any atom is 0.417 e. The molecular formula is C16H19F3N2O. The molecule has 1 aromatic carbocycles. The van der Waals surface area contributed by atoms with E-state index in [9.17, 15) is 18.0 Å². The average Bonchev–Trinajstić information content (AvgIpc) is 2.42. The molecule has 0 saturated heterocycles. The van der Waals surface area contributed by atoms with E-state index in [-0.39, 0.29) is 16.9 Å². The lowest BCUT2D eigenvalue weighted by Gasteiger charge is -2.29. The van der Waals surface area contributed by atoms with E-state index in [1.165, 1.54) is 12.1 Å². The van der Waals surface area contributed by atoms with Crippen LogP contribution in [-0.2, 0) is 6.18 Å². The van der Waals surface area contributed by atoms with Crippen molar-refractivity contribution in [2.45, 2.75) is 39.4 Å². The lowest BCUT2D eigenvalue weighted by Crippen LogP contribution is -2.31. The summed E-state index contributed by atoms with van der Waals surface area (Å²) in [5.74, 6) is 0. The number of anilines is 1. The van der Waals surface area contributed by atoms with Gasteiger partial charge in [0.05, 0.1) is 5.56 Å². The monoisotopic (exact) mass is 312 g/mol. The molecule has 22 heavy (non-hydrogen) atoms. The van der Waals surface area contributed by atoms with Gasteiger partial charge in [0, 0.05) is 35.2 Å². The van der Waals surface area contributed by atoms with Crippen molar-refractivity contribution >= 4 is 16.6 Å². The smallest absolute Gasteiger partial charge is 0.369 e. The first-order chi connectivity index (χ1) is 10.2. The molecular weight excluding hydrogens is 293 g/mol. The largest absolute Gasteiger partial charge is 0.417 e. The summed E-state index contributed by atoms with van der Waals surface area (Å²) in [5.41, 5.74) is -0.721. The Labute approximate surface area is 126 Å². The van der Waals surface area contributed by atoms with Gasteiger partial charge < -0.3 is 9.88 Å². The van der Waals surface area contributed by atoms with Gasteiger partial charge in [0.25, 0.3) is 0 Å². The van der Waals surface area contributed by atoms with Gasteiger partial charge in [-0.2, -0.15) is 13.2 Å². The molecule has 0 fully saturated rings. The molecule has 0 aliphatic carbocycles. The van der Waals surface area contributed by atoms with Gasteiger partial charge in [-0.05, 0) is 38.5 Å². The van der Waals surface area contributed by atoms with E-state index < -0.39 is 17.3 Å². The number of aromatic amines is 1. The molecule has 0 saturated carbocycles. The molecule has 1 aromatic heterocycles. The second-order valence-corrected chi connectivity index (χ2v) is 5.56. The number of pyridine rings is 1. The minimum absolute atomic E-state index is 0.0198. The third kappa shape index (κ3) is 3.26. The summed E-state index contributed by atoms with van der Waals surface area (Å²) in [5, 5.41) is 0.0198. The number of fused-ring (bicyclic) bond motifs is 1. The first-order valence-electron chi connectivity index (χ1n) is 7.25. The molecule has 2 rings (SSSR count). The summed E-state index contributed by atoms with van der Waals surface area (Å²) in [6.07, 6.45) is -3.66. The molecule has 1 heterocycles. The van der Waals surface area contributed by atoms with Gasteiger partial charge in [-0.15, -0.1) is 0 Å². The number of rotatable bonds is 4. The molecule has 0 unspecified atom stereocenters. The SMILES string of the molecule is CCCN(c1ccc2[nH]c(=O)cc(C(F)(F)F)c2c1)C(C)C. The first-order valence-corrected chi connectivity index (χ1v) is 7.25. The van der Waals surface area contributed by atoms with Crippen LogP contribution in [0.4, 0.5) is 18.9 Å². The minimum atomic E-state index is -4.56. The normalized spacial score (nSPS) is 12.1. The molecule has 0 amide bonds. The zero-order valence-corrected chi connectivity index (χ0v) is 12.8. The van der Waals surface area contributed by atoms with Crippen LogP contribution in [-0.4, -0.2) is 17.6 Å². The first kappa shape index (κ1) is 16.4. The van der Waals surface area contributed by atoms with Crippen LogP contribution in [0.1, 0.15) is 32.8 Å². The van der Waals surface area contributed by atoms with E-state index in [1.807, 2.05) is 25.7 Å². The Morgan fingerprint density at radius 2 is 1.91 bits per heavy atom. The van der Waals surface area contributed by atoms with Crippen molar-refractivity contribution in [3.63, 3.8) is 0 Å². The third-order valence-corrected chi connectivity index (χ3v) is 3.55. The Hall–Kier alpha value is -1.98. The van der Waals surface area contributed by atoms with Crippen molar-refractivity contribution in [2.75, 3.05) is 11.4 Å². The van der Waals surface area contributed by atoms with Gasteiger partial charge in [0.15, 0.2) is 0 Å². The molecule has 0 bridgehead atoms. The van der Waals surface area contributed by atoms with Gasteiger partial charge in [0.1, 0.15) is 0 Å². The minimum Gasteiger partial charge on any atom is -0.369 e. The topological polar surface area (TPSA) is 36.1 Å². The number of nitrogens with one attached hydrogen (secondary N) is 1. The summed E-state index contributed by atoms with van der Waals surface area (Å²) >= 11 is 0. The van der Waals surface area contributed by atoms with Crippen LogP contribution in [0.25, 0.3) is 10.9 Å². The highest BCUT2D eigenvalue weighted by Gasteiger charge is 2.33. The molecule has 3 nitrogen and oxygen atoms in total. The number of aromatic nitrogens is 1. The summed E-state index contributed by atoms with van der Waals surface area (Å²) in [6.45, 7) is 6.78. The van der Waals surface area contributed by atoms with Gasteiger partial charge >= 0.3 is 6.18 Å². The molecule has 0 spiro atoms. The van der Waals surface area contributed by atoms with Gasteiger partial charge in [-0.25, -0.2) is 0 Å². The number of H-pyrrole nitrogens is 1. The number of halogens is 3. The lowest BCUT2D eigenvalue weighted by molar-refractivity contribution is -0.136. The van der Waals surface area contributed by atoms with Gasteiger partial charge in [-0.3, -0.25) is 4.79 Å². The zero-order chi connectivity index (χ0) is 16.5. The average molecular weight is 312 g/mol. The fourth-order valence-electron chi connectivity index (χ4n) is 2.58. The molecule has 2 aromatic rings. The lowest BCUT2D eigenvalue weighted by atomic mass is 10.1. The number of nitrogens with zero attached hydrogens (tertiary/aromatic N) is 1. The summed E-state index contributed by atoms with van der Waals surface area (Å²) in [7, 11) is 0. The molecule has 6 heteroatoms. The second-order valence-electron chi connectivity index (χ2n) is 5.56. The fourth-order valence-corrected chi connectivity index (χ4v) is 2.58. The number of hydrogen-bond donors (Lipinski definition) is 1. The fraction of sp³-hybridized carbons (Fsp3) is 0.438. The standard InChI is InChI=1S/C16H19F3N2O/c1-4-7-21(10(2)3)11-5-6-14-12(8-11)13(16(17,18)19)9-15(22)20-14/h5-6,8-10H,4,7H2,1-3H3,(H,20,22). The van der Waals surface area contributed by atoms with Crippen molar-refractivity contribution in [3.05, 3.63) is 40.2 Å². The highest BCUT2D eigenvalue weighted by molar-refractivity contribution is 5.86. The Morgan fingerprint density at radius 3 is 2.45 bits per heavy atom. The Bertz CT molecular complexity index is 719. The van der Waals surface area contributed by atoms with Crippen molar-refractivity contribution in [2.24, 2.45) is 0 Å². The molecule has 0 atom stereocenters. The van der Waals surface area contributed by atoms with Crippen molar-refractivity contribution < 1.29 is 13.2 Å². The number of benzene rings is 1. The van der Waals surface area contributed by atoms with Gasteiger partial charge in [0.2, 0.25) is 5.56 Å². The predicted molar refractivity (Wildman–Crippen MR) is 82.3 cm³/mol. The highest BCUT2D eigenvalue weighted by Crippen LogP contribution is 2.35. The van der Waals surface area contributed by atoms with Crippen LogP contribution >= 0.6 is 0 Å². The second kappa shape index (κ2) is 6.02. The van der Waals surface area contributed by atoms with Crippen LogP contribution in [0, 0.1) is 0 Å². The van der Waals surface area contributed by atoms with E-state index in [1.54, 1.807) is 6.07 Å². The van der Waals surface area contributed by atoms with Crippen LogP contribution in [0.3, 0.4) is 0 Å². The molecule has 0 aliphatic heterocycles. The Morgan fingerprint density at radius 1 is 1.23 bits per heavy atom. The van der Waals surface area contributed by atoms with Crippen LogP contribution in [0.5, 0.6) is 0 Å². The molecule has 1 N–H and O–H groups in total. The number of alkyl halides is 3. The van der Waals surface area contributed by atoms with Gasteiger partial charge in [-0.1, -0.05) is 6.92 Å². The van der Waals surface area contributed by atoms with Crippen molar-refractivity contribution in [1.29, 1.82) is 0 Å². The van der Waals surface area contributed by atoms with Crippen LogP contribution in [0.15, 0.2) is 29.1 Å². The Kier molecular flexibility index (Phi) is 4.49. The summed E-state index contributed by atoms with van der Waals surface area (Å²) < 4.78 is 39.5. The van der Waals surface area contributed by atoms with E-state index >= 15 is 0 Å². The maximum absolute atomic E-state index is 13.2. The third-order valence-electron chi connectivity index (χ3n) is 3.55. The predicted octanol–water partition coefficient (Wildman–Crippen LogP) is 4.17. The Balaban J connectivity index is 2.67. The quantitative estimate of drug-likeness (QED) is 0.919.